The maximum absolute atomic E-state index is 12.9. The molecule has 0 fully saturated rings. The van der Waals surface area contributed by atoms with E-state index in [1.54, 1.807) is 11.0 Å². The zero-order chi connectivity index (χ0) is 28.0. The third-order valence-electron chi connectivity index (χ3n) is 6.34. The Morgan fingerprint density at radius 1 is 1.08 bits per heavy atom. The number of benzene rings is 1. The molecule has 1 aliphatic heterocycles. The summed E-state index contributed by atoms with van der Waals surface area (Å²) in [4.78, 5) is 27.2. The fraction of sp³-hybridized carbons (Fsp3) is 0.333. The van der Waals surface area contributed by atoms with E-state index in [4.69, 9.17) is 16.2 Å². The molecular formula is C27H30F3N5O3. The van der Waals surface area contributed by atoms with Crippen LogP contribution in [0.3, 0.4) is 0 Å². The summed E-state index contributed by atoms with van der Waals surface area (Å²) in [5, 5.41) is 0.977. The first-order valence-electron chi connectivity index (χ1n) is 12.0. The lowest BCUT2D eigenvalue weighted by Crippen LogP contribution is -2.40. The molecule has 11 heteroatoms. The molecule has 8 nitrogen and oxygen atoms in total. The molecule has 0 saturated heterocycles. The van der Waals surface area contributed by atoms with Crippen molar-refractivity contribution in [3.8, 4) is 5.69 Å². The van der Waals surface area contributed by atoms with Gasteiger partial charge in [-0.15, -0.1) is 0 Å². The number of pyridine rings is 1. The molecule has 0 radical (unpaired) electrons. The van der Waals surface area contributed by atoms with Crippen LogP contribution in [0.15, 0.2) is 59.2 Å². The number of amides is 1. The minimum atomic E-state index is -4.66. The largest absolute Gasteiger partial charge is 0.444 e. The molecular weight excluding hydrogens is 499 g/mol. The Balaban J connectivity index is 1.64. The van der Waals surface area contributed by atoms with Gasteiger partial charge in [-0.25, -0.2) is 4.79 Å². The highest BCUT2D eigenvalue weighted by Gasteiger charge is 2.31. The fourth-order valence-electron chi connectivity index (χ4n) is 4.44. The summed E-state index contributed by atoms with van der Waals surface area (Å²) in [6, 6.07) is 8.41. The molecule has 2 aromatic heterocycles. The van der Waals surface area contributed by atoms with Gasteiger partial charge in [-0.2, -0.15) is 13.2 Å². The van der Waals surface area contributed by atoms with Gasteiger partial charge in [0, 0.05) is 60.2 Å². The lowest BCUT2D eigenvalue weighted by atomic mass is 10.0. The molecule has 0 spiro atoms. The number of halogens is 3. The number of alkyl halides is 3. The molecule has 3 aromatic rings. The Kier molecular flexibility index (Phi) is 6.81. The Morgan fingerprint density at radius 3 is 2.42 bits per heavy atom. The number of aryl methyl sites for hydroxylation is 1. The molecule has 1 amide bonds. The van der Waals surface area contributed by atoms with E-state index in [1.165, 1.54) is 16.8 Å². The van der Waals surface area contributed by atoms with Crippen LogP contribution in [0.1, 0.15) is 37.6 Å². The van der Waals surface area contributed by atoms with Gasteiger partial charge in [0.05, 0.1) is 17.7 Å². The summed E-state index contributed by atoms with van der Waals surface area (Å²) in [6.07, 6.45) is -1.15. The van der Waals surface area contributed by atoms with Gasteiger partial charge >= 0.3 is 12.3 Å². The summed E-state index contributed by atoms with van der Waals surface area (Å²) in [5.74, 6) is 0. The topological polar surface area (TPSA) is 109 Å². The Hall–Kier alpha value is -4.15. The SMILES string of the molecule is Cn1c2c(c3ccc(-n4ccc(/C(N)=C/C=C(\N)C(F)(F)F)cc4=O)cc31)CN(C(=O)OC(C)(C)C)CC2. The highest BCUT2D eigenvalue weighted by molar-refractivity contribution is 5.88. The van der Waals surface area contributed by atoms with E-state index in [2.05, 4.69) is 4.57 Å². The first kappa shape index (κ1) is 26.9. The number of carbonyl (C=O) groups excluding carboxylic acids is 1. The number of ether oxygens (including phenoxy) is 1. The number of hydrogen-bond acceptors (Lipinski definition) is 5. The van der Waals surface area contributed by atoms with Gasteiger partial charge in [0.2, 0.25) is 0 Å². The Labute approximate surface area is 217 Å². The second kappa shape index (κ2) is 9.62. The van der Waals surface area contributed by atoms with Gasteiger partial charge in [0.1, 0.15) is 11.3 Å². The summed E-state index contributed by atoms with van der Waals surface area (Å²) in [7, 11) is 1.95. The molecule has 3 heterocycles. The predicted molar refractivity (Wildman–Crippen MR) is 139 cm³/mol. The second-order valence-corrected chi connectivity index (χ2v) is 10.2. The van der Waals surface area contributed by atoms with Crippen molar-refractivity contribution >= 4 is 22.7 Å². The normalized spacial score (nSPS) is 15.1. The maximum atomic E-state index is 12.9. The molecule has 4 rings (SSSR count). The number of rotatable bonds is 3. The zero-order valence-corrected chi connectivity index (χ0v) is 21.6. The van der Waals surface area contributed by atoms with Gasteiger partial charge in [-0.1, -0.05) is 6.07 Å². The first-order valence-corrected chi connectivity index (χ1v) is 12.0. The predicted octanol–water partition coefficient (Wildman–Crippen LogP) is 4.33. The highest BCUT2D eigenvalue weighted by Crippen LogP contribution is 2.32. The van der Waals surface area contributed by atoms with E-state index in [9.17, 15) is 22.8 Å². The number of allylic oxidation sites excluding steroid dienone is 3. The number of fused-ring (bicyclic) bond motifs is 3. The van der Waals surface area contributed by atoms with Crippen LogP contribution in [0, 0.1) is 0 Å². The monoisotopic (exact) mass is 529 g/mol. The fourth-order valence-corrected chi connectivity index (χ4v) is 4.44. The second-order valence-electron chi connectivity index (χ2n) is 10.2. The average molecular weight is 530 g/mol. The lowest BCUT2D eigenvalue weighted by Gasteiger charge is -2.30. The zero-order valence-electron chi connectivity index (χ0n) is 21.6. The van der Waals surface area contributed by atoms with Crippen molar-refractivity contribution in [2.75, 3.05) is 6.54 Å². The number of carbonyl (C=O) groups is 1. The van der Waals surface area contributed by atoms with E-state index >= 15 is 0 Å². The molecule has 0 saturated carbocycles. The van der Waals surface area contributed by atoms with Gasteiger partial charge in [0.15, 0.2) is 0 Å². The molecule has 0 unspecified atom stereocenters. The molecule has 0 bridgehead atoms. The average Bonchev–Trinajstić information content (AvgIpc) is 3.11. The molecule has 1 aliphatic rings. The number of nitrogens with two attached hydrogens (primary N) is 2. The standard InChI is InChI=1S/C27H30F3N5O3/c1-26(2,3)38-25(37)34-11-10-21-19(15-34)18-6-5-17(14-22(18)33(21)4)35-12-9-16(13-24(35)36)20(31)7-8-23(32)27(28,29)30/h5-9,12-14H,10-11,15,31-32H2,1-4H3/b20-7-,23-8-. The Morgan fingerprint density at radius 2 is 1.79 bits per heavy atom. The van der Waals surface area contributed by atoms with Crippen LogP contribution < -0.4 is 17.0 Å². The van der Waals surface area contributed by atoms with Crippen LogP contribution in [0.4, 0.5) is 18.0 Å². The van der Waals surface area contributed by atoms with Gasteiger partial charge < -0.3 is 25.7 Å². The van der Waals surface area contributed by atoms with E-state index in [1.807, 2.05) is 46.0 Å². The highest BCUT2D eigenvalue weighted by atomic mass is 19.4. The molecule has 202 valence electrons. The third kappa shape index (κ3) is 5.41. The Bertz CT molecular complexity index is 1520. The molecule has 0 atom stereocenters. The van der Waals surface area contributed by atoms with Crippen molar-refractivity contribution in [3.63, 3.8) is 0 Å². The van der Waals surface area contributed by atoms with Crippen LogP contribution in [0.5, 0.6) is 0 Å². The maximum Gasteiger partial charge on any atom is 0.430 e. The molecule has 38 heavy (non-hydrogen) atoms. The van der Waals surface area contributed by atoms with E-state index in [-0.39, 0.29) is 17.4 Å². The van der Waals surface area contributed by atoms with Gasteiger partial charge in [0.25, 0.3) is 5.56 Å². The molecule has 4 N–H and O–H groups in total. The van der Waals surface area contributed by atoms with E-state index < -0.39 is 23.0 Å². The third-order valence-corrected chi connectivity index (χ3v) is 6.34. The number of hydrogen-bond donors (Lipinski definition) is 2. The summed E-state index contributed by atoms with van der Waals surface area (Å²) in [6.45, 7) is 6.46. The quantitative estimate of drug-likeness (QED) is 0.491. The van der Waals surface area contributed by atoms with Crippen LogP contribution in [0.2, 0.25) is 0 Å². The van der Waals surface area contributed by atoms with Gasteiger partial charge in [-0.05, 0) is 51.1 Å². The van der Waals surface area contributed by atoms with Crippen LogP contribution in [-0.2, 0) is 24.8 Å². The number of nitrogens with zero attached hydrogens (tertiary/aromatic N) is 3. The first-order chi connectivity index (χ1) is 17.7. The van der Waals surface area contributed by atoms with Gasteiger partial charge in [-0.3, -0.25) is 9.36 Å². The minimum absolute atomic E-state index is 0.0263. The number of aromatic nitrogens is 2. The van der Waals surface area contributed by atoms with Crippen LogP contribution >= 0.6 is 0 Å². The summed E-state index contributed by atoms with van der Waals surface area (Å²) < 4.78 is 46.8. The molecule has 0 aliphatic carbocycles. The van der Waals surface area contributed by atoms with Crippen LogP contribution in [-0.4, -0.2) is 38.4 Å². The van der Waals surface area contributed by atoms with Crippen molar-refractivity contribution in [1.82, 2.24) is 14.0 Å². The molecule has 1 aromatic carbocycles. The van der Waals surface area contributed by atoms with Crippen molar-refractivity contribution < 1.29 is 22.7 Å². The lowest BCUT2D eigenvalue weighted by molar-refractivity contribution is -0.0926. The van der Waals surface area contributed by atoms with Crippen molar-refractivity contribution in [2.45, 2.75) is 45.5 Å². The minimum Gasteiger partial charge on any atom is -0.444 e. The van der Waals surface area contributed by atoms with E-state index in [0.717, 1.165) is 28.2 Å². The van der Waals surface area contributed by atoms with E-state index in [0.29, 0.717) is 31.3 Å². The smallest absolute Gasteiger partial charge is 0.430 e. The summed E-state index contributed by atoms with van der Waals surface area (Å²) in [5.41, 5.74) is 12.5. The van der Waals surface area contributed by atoms with Crippen LogP contribution in [0.25, 0.3) is 22.3 Å². The van der Waals surface area contributed by atoms with Crippen molar-refractivity contribution in [1.29, 1.82) is 0 Å². The van der Waals surface area contributed by atoms with Crippen molar-refractivity contribution in [2.24, 2.45) is 18.5 Å². The van der Waals surface area contributed by atoms with Crippen molar-refractivity contribution in [3.05, 3.63) is 81.6 Å². The summed E-state index contributed by atoms with van der Waals surface area (Å²) >= 11 is 0.